The summed E-state index contributed by atoms with van der Waals surface area (Å²) in [5.74, 6) is 0.160. The fourth-order valence-corrected chi connectivity index (χ4v) is 3.65. The van der Waals surface area contributed by atoms with Gasteiger partial charge < -0.3 is 14.2 Å². The first-order chi connectivity index (χ1) is 13.3. The van der Waals surface area contributed by atoms with Crippen LogP contribution in [0.5, 0.6) is 17.5 Å². The number of nitriles is 1. The first-order valence-electron chi connectivity index (χ1n) is 7.63. The normalized spacial score (nSPS) is 11.2. The molecule has 1 aromatic carbocycles. The summed E-state index contributed by atoms with van der Waals surface area (Å²) in [5, 5.41) is 14.5. The Hall–Kier alpha value is -2.88. The van der Waals surface area contributed by atoms with E-state index in [4.69, 9.17) is 24.6 Å². The highest BCUT2D eigenvalue weighted by atomic mass is 79.9. The van der Waals surface area contributed by atoms with Crippen LogP contribution in [-0.2, 0) is 10.0 Å². The monoisotopic (exact) mass is 467 g/mol. The van der Waals surface area contributed by atoms with Crippen molar-refractivity contribution in [1.29, 1.82) is 5.26 Å². The first-order valence-corrected chi connectivity index (χ1v) is 9.97. The zero-order chi connectivity index (χ0) is 20.5. The Morgan fingerprint density at radius 3 is 2.43 bits per heavy atom. The molecule has 2 aromatic heterocycles. The zero-order valence-corrected chi connectivity index (χ0v) is 17.1. The molecule has 0 spiro atoms. The number of fused-ring (bicyclic) bond motifs is 1. The lowest BCUT2D eigenvalue weighted by Gasteiger charge is -2.13. The van der Waals surface area contributed by atoms with Crippen molar-refractivity contribution in [2.24, 2.45) is 5.14 Å². The van der Waals surface area contributed by atoms with Crippen molar-refractivity contribution in [3.63, 3.8) is 0 Å². The van der Waals surface area contributed by atoms with Gasteiger partial charge in [-0.25, -0.2) is 13.6 Å². The molecule has 2 N–H and O–H groups in total. The van der Waals surface area contributed by atoms with Crippen molar-refractivity contribution in [3.05, 3.63) is 28.9 Å². The van der Waals surface area contributed by atoms with Crippen molar-refractivity contribution in [1.82, 2.24) is 14.5 Å². The summed E-state index contributed by atoms with van der Waals surface area (Å²) in [6.07, 6.45) is 1.32. The zero-order valence-electron chi connectivity index (χ0n) is 14.7. The molecule has 12 heteroatoms. The number of hydrogen-bond acceptors (Lipinski definition) is 8. The second-order valence-corrected chi connectivity index (χ2v) is 7.83. The number of primary sulfonamides is 1. The second kappa shape index (κ2) is 7.63. The fraction of sp³-hybridized carbons (Fsp3) is 0.188. The van der Waals surface area contributed by atoms with Gasteiger partial charge in [-0.2, -0.15) is 15.2 Å². The number of sulfonamides is 1. The highest BCUT2D eigenvalue weighted by Crippen LogP contribution is 2.36. The van der Waals surface area contributed by atoms with E-state index >= 15 is 0 Å². The predicted octanol–water partition coefficient (Wildman–Crippen LogP) is 1.75. The molecule has 3 aromatic rings. The molecule has 0 aliphatic heterocycles. The Morgan fingerprint density at radius 2 is 1.89 bits per heavy atom. The van der Waals surface area contributed by atoms with Gasteiger partial charge in [-0.05, 0) is 12.1 Å². The third-order valence-corrected chi connectivity index (χ3v) is 5.14. The van der Waals surface area contributed by atoms with Gasteiger partial charge in [0.05, 0.1) is 19.7 Å². The lowest BCUT2D eigenvalue weighted by atomic mass is 10.2. The van der Waals surface area contributed by atoms with E-state index in [-0.39, 0.29) is 35.0 Å². The lowest BCUT2D eigenvalue weighted by Crippen LogP contribution is -2.11. The number of nitrogens with zero attached hydrogens (tertiary/aromatic N) is 4. The summed E-state index contributed by atoms with van der Waals surface area (Å²) >= 11 is 3.36. The van der Waals surface area contributed by atoms with Crippen LogP contribution < -0.4 is 19.3 Å². The molecule has 146 valence electrons. The van der Waals surface area contributed by atoms with Crippen molar-refractivity contribution in [3.8, 4) is 29.5 Å². The number of hydrogen-bond donors (Lipinski definition) is 1. The molecule has 0 amide bonds. The van der Waals surface area contributed by atoms with Crippen LogP contribution in [0, 0.1) is 11.3 Å². The van der Waals surface area contributed by atoms with Crippen LogP contribution in [0.1, 0.15) is 0 Å². The topological polar surface area (TPSA) is 142 Å². The number of nitrogens with two attached hydrogens (primary N) is 1. The Bertz CT molecular complexity index is 1180. The van der Waals surface area contributed by atoms with Gasteiger partial charge in [0, 0.05) is 16.1 Å². The average molecular weight is 468 g/mol. The molecular formula is C16H14BrN5O5S. The smallest absolute Gasteiger partial charge is 0.266 e. The van der Waals surface area contributed by atoms with Crippen molar-refractivity contribution in [2.45, 2.75) is 4.90 Å². The molecule has 2 heterocycles. The maximum Gasteiger partial charge on any atom is 0.266 e. The Labute approximate surface area is 168 Å². The molecule has 0 aliphatic carbocycles. The summed E-state index contributed by atoms with van der Waals surface area (Å²) in [7, 11) is -1.26. The SMILES string of the molecule is COc1nc(-n2cc(S(N)(=O)=O)c3ccc(Br)cc32)nc(OC)c1OCC#N. The minimum Gasteiger partial charge on any atom is -0.478 e. The number of aromatic nitrogens is 3. The van der Waals surface area contributed by atoms with Crippen molar-refractivity contribution >= 4 is 36.9 Å². The molecule has 0 radical (unpaired) electrons. The van der Waals surface area contributed by atoms with Crippen LogP contribution in [0.3, 0.4) is 0 Å². The number of rotatable bonds is 6. The maximum atomic E-state index is 12.0. The van der Waals surface area contributed by atoms with E-state index in [0.29, 0.717) is 15.4 Å². The van der Waals surface area contributed by atoms with Crippen molar-refractivity contribution in [2.75, 3.05) is 20.8 Å². The third kappa shape index (κ3) is 3.59. The first kappa shape index (κ1) is 19.9. The van der Waals surface area contributed by atoms with Crippen LogP contribution in [-0.4, -0.2) is 43.8 Å². The summed E-state index contributed by atoms with van der Waals surface area (Å²) < 4.78 is 41.9. The van der Waals surface area contributed by atoms with Gasteiger partial charge >= 0.3 is 0 Å². The van der Waals surface area contributed by atoms with Gasteiger partial charge in [0.25, 0.3) is 11.8 Å². The Balaban J connectivity index is 2.31. The number of ether oxygens (including phenoxy) is 3. The molecular weight excluding hydrogens is 454 g/mol. The van der Waals surface area contributed by atoms with Gasteiger partial charge in [0.2, 0.25) is 21.7 Å². The molecule has 0 unspecified atom stereocenters. The van der Waals surface area contributed by atoms with Crippen LogP contribution in [0.2, 0.25) is 0 Å². The lowest BCUT2D eigenvalue weighted by molar-refractivity contribution is 0.288. The molecule has 3 rings (SSSR count). The quantitative estimate of drug-likeness (QED) is 0.577. The van der Waals surface area contributed by atoms with E-state index in [1.54, 1.807) is 18.2 Å². The van der Waals surface area contributed by atoms with Gasteiger partial charge in [-0.1, -0.05) is 22.0 Å². The highest BCUT2D eigenvalue weighted by molar-refractivity contribution is 9.10. The minimum absolute atomic E-state index is 0.0195. The molecule has 28 heavy (non-hydrogen) atoms. The van der Waals surface area contributed by atoms with Gasteiger partial charge in [0.15, 0.2) is 6.61 Å². The van der Waals surface area contributed by atoms with Crippen LogP contribution in [0.15, 0.2) is 33.8 Å². The van der Waals surface area contributed by atoms with Crippen LogP contribution >= 0.6 is 15.9 Å². The Morgan fingerprint density at radius 1 is 1.25 bits per heavy atom. The average Bonchev–Trinajstić information content (AvgIpc) is 3.04. The molecule has 10 nitrogen and oxygen atoms in total. The molecule has 0 saturated heterocycles. The minimum atomic E-state index is -4.00. The second-order valence-electron chi connectivity index (χ2n) is 5.39. The van der Waals surface area contributed by atoms with E-state index in [9.17, 15) is 8.42 Å². The van der Waals surface area contributed by atoms with E-state index in [1.807, 2.05) is 6.07 Å². The number of benzene rings is 1. The maximum absolute atomic E-state index is 12.0. The largest absolute Gasteiger partial charge is 0.478 e. The summed E-state index contributed by atoms with van der Waals surface area (Å²) in [5.41, 5.74) is 0.494. The van der Waals surface area contributed by atoms with Gasteiger partial charge in [-0.15, -0.1) is 0 Å². The van der Waals surface area contributed by atoms with E-state index in [0.717, 1.165) is 0 Å². The van der Waals surface area contributed by atoms with E-state index < -0.39 is 10.0 Å². The summed E-state index contributed by atoms with van der Waals surface area (Å²) in [4.78, 5) is 8.44. The molecule has 0 atom stereocenters. The predicted molar refractivity (Wildman–Crippen MR) is 102 cm³/mol. The molecule has 0 aliphatic rings. The molecule has 0 bridgehead atoms. The van der Waals surface area contributed by atoms with Gasteiger partial charge in [0.1, 0.15) is 11.0 Å². The molecule has 0 saturated carbocycles. The van der Waals surface area contributed by atoms with Crippen LogP contribution in [0.25, 0.3) is 16.9 Å². The molecule has 0 fully saturated rings. The third-order valence-electron chi connectivity index (χ3n) is 3.71. The van der Waals surface area contributed by atoms with Gasteiger partial charge in [-0.3, -0.25) is 4.57 Å². The van der Waals surface area contributed by atoms with E-state index in [2.05, 4.69) is 25.9 Å². The van der Waals surface area contributed by atoms with E-state index in [1.165, 1.54) is 25.0 Å². The number of halogens is 1. The fourth-order valence-electron chi connectivity index (χ4n) is 2.57. The summed E-state index contributed by atoms with van der Waals surface area (Å²) in [6, 6.07) is 6.85. The highest BCUT2D eigenvalue weighted by Gasteiger charge is 2.23. The number of methoxy groups -OCH3 is 2. The van der Waals surface area contributed by atoms with Crippen LogP contribution in [0.4, 0.5) is 0 Å². The Kier molecular flexibility index (Phi) is 5.41. The summed E-state index contributed by atoms with van der Waals surface area (Å²) in [6.45, 7) is -0.260. The van der Waals surface area contributed by atoms with Crippen molar-refractivity contribution < 1.29 is 22.6 Å². The standard InChI is InChI=1S/C16H14BrN5O5S/c1-25-14-13(27-6-5-18)15(26-2)21-16(20-14)22-8-12(28(19,23)24)10-4-3-9(17)7-11(10)22/h3-4,7-8H,6H2,1-2H3,(H2,19,23,24).